The van der Waals surface area contributed by atoms with Gasteiger partial charge in [-0.1, -0.05) is 26.0 Å². The number of fused-ring (bicyclic) bond motifs is 1. The third-order valence-corrected chi connectivity index (χ3v) is 5.33. The van der Waals surface area contributed by atoms with Gasteiger partial charge in [-0.25, -0.2) is 4.79 Å². The van der Waals surface area contributed by atoms with Crippen LogP contribution in [0.25, 0.3) is 0 Å². The number of rotatable bonds is 4. The number of anilines is 2. The summed E-state index contributed by atoms with van der Waals surface area (Å²) in [7, 11) is 1.39. The highest BCUT2D eigenvalue weighted by Crippen LogP contribution is 2.45. The number of esters is 1. The molecular weight excluding hydrogens is 350 g/mol. The molecule has 0 fully saturated rings. The molecule has 0 aliphatic carbocycles. The summed E-state index contributed by atoms with van der Waals surface area (Å²) < 4.78 is 4.89. The van der Waals surface area contributed by atoms with E-state index < -0.39 is 5.54 Å². The number of ether oxygens (including phenoxy) is 1. The van der Waals surface area contributed by atoms with Crippen molar-refractivity contribution in [1.82, 2.24) is 0 Å². The number of hydrogen-bond acceptors (Lipinski definition) is 5. The van der Waals surface area contributed by atoms with Crippen LogP contribution in [0, 0.1) is 16.7 Å². The first-order chi connectivity index (χ1) is 13.2. The first kappa shape index (κ1) is 19.8. The second-order valence-electron chi connectivity index (χ2n) is 8.59. The first-order valence-corrected chi connectivity index (χ1v) is 9.42. The van der Waals surface area contributed by atoms with Crippen molar-refractivity contribution in [3.63, 3.8) is 0 Å². The van der Waals surface area contributed by atoms with Crippen molar-refractivity contribution in [2.75, 3.05) is 17.7 Å². The molecule has 0 aromatic heterocycles. The molecule has 0 bridgehead atoms. The quantitative estimate of drug-likeness (QED) is 0.758. The summed E-state index contributed by atoms with van der Waals surface area (Å²) in [5.74, 6) is -0.309. The van der Waals surface area contributed by atoms with Gasteiger partial charge in [-0.05, 0) is 67.1 Å². The van der Waals surface area contributed by atoms with Crippen molar-refractivity contribution < 1.29 is 9.53 Å². The Morgan fingerprint density at radius 2 is 2.04 bits per heavy atom. The minimum absolute atomic E-state index is 0.0441. The summed E-state index contributed by atoms with van der Waals surface area (Å²) in [6, 6.07) is 16.3. The third kappa shape index (κ3) is 3.82. The topological polar surface area (TPSA) is 74.2 Å². The Morgan fingerprint density at radius 1 is 1.29 bits per heavy atom. The summed E-state index contributed by atoms with van der Waals surface area (Å²) in [6.07, 6.45) is 0.876. The molecule has 0 amide bonds. The monoisotopic (exact) mass is 377 g/mol. The van der Waals surface area contributed by atoms with E-state index in [4.69, 9.17) is 10.00 Å². The van der Waals surface area contributed by atoms with Crippen LogP contribution >= 0.6 is 0 Å². The summed E-state index contributed by atoms with van der Waals surface area (Å²) >= 11 is 0. The van der Waals surface area contributed by atoms with Crippen LogP contribution in [-0.4, -0.2) is 18.6 Å². The van der Waals surface area contributed by atoms with Gasteiger partial charge in [-0.3, -0.25) is 0 Å². The van der Waals surface area contributed by atoms with Crippen molar-refractivity contribution in [1.29, 1.82) is 5.26 Å². The van der Waals surface area contributed by atoms with Crippen LogP contribution in [-0.2, 0) is 16.0 Å². The molecule has 1 atom stereocenters. The Bertz CT molecular complexity index is 941. The molecule has 2 aromatic carbocycles. The van der Waals surface area contributed by atoms with E-state index >= 15 is 0 Å². The standard InChI is InChI=1S/C23H27N3O2/c1-22(2)13-17-11-15(14-24)9-10-19(17)25-20(22)16-7-6-8-18(12-16)26-23(3,4)21(27)28-5/h6-12,20,25-26H,13H2,1-5H3. The average Bonchev–Trinajstić information content (AvgIpc) is 2.65. The smallest absolute Gasteiger partial charge is 0.330 e. The fourth-order valence-electron chi connectivity index (χ4n) is 3.89. The highest BCUT2D eigenvalue weighted by Gasteiger charge is 2.36. The van der Waals surface area contributed by atoms with Gasteiger partial charge < -0.3 is 15.4 Å². The molecule has 5 heteroatoms. The Morgan fingerprint density at radius 3 is 2.71 bits per heavy atom. The van der Waals surface area contributed by atoms with E-state index in [9.17, 15) is 4.79 Å². The summed E-state index contributed by atoms with van der Waals surface area (Å²) in [4.78, 5) is 12.0. The number of nitriles is 1. The maximum Gasteiger partial charge on any atom is 0.330 e. The molecule has 146 valence electrons. The number of nitrogens with zero attached hydrogens (tertiary/aromatic N) is 1. The molecule has 2 aromatic rings. The molecule has 1 unspecified atom stereocenters. The van der Waals surface area contributed by atoms with Gasteiger partial charge in [0.2, 0.25) is 0 Å². The van der Waals surface area contributed by atoms with E-state index in [-0.39, 0.29) is 17.4 Å². The number of nitrogens with one attached hydrogen (secondary N) is 2. The van der Waals surface area contributed by atoms with Gasteiger partial charge in [0.25, 0.3) is 0 Å². The predicted molar refractivity (Wildman–Crippen MR) is 111 cm³/mol. The molecule has 0 radical (unpaired) electrons. The maximum absolute atomic E-state index is 12.0. The molecule has 0 spiro atoms. The number of carbonyl (C=O) groups excluding carboxylic acids is 1. The van der Waals surface area contributed by atoms with Crippen molar-refractivity contribution in [3.8, 4) is 6.07 Å². The highest BCUT2D eigenvalue weighted by atomic mass is 16.5. The second-order valence-corrected chi connectivity index (χ2v) is 8.59. The zero-order valence-electron chi connectivity index (χ0n) is 17.1. The Hall–Kier alpha value is -3.00. The molecule has 1 aliphatic heterocycles. The molecule has 1 aliphatic rings. The lowest BCUT2D eigenvalue weighted by Crippen LogP contribution is -2.41. The summed E-state index contributed by atoms with van der Waals surface area (Å²) in [5.41, 5.74) is 4.08. The normalized spacial score (nSPS) is 17.6. The van der Waals surface area contributed by atoms with Gasteiger partial charge in [0.1, 0.15) is 5.54 Å². The van der Waals surface area contributed by atoms with Crippen LogP contribution in [0.3, 0.4) is 0 Å². The van der Waals surface area contributed by atoms with Crippen molar-refractivity contribution in [2.24, 2.45) is 5.41 Å². The second kappa shape index (κ2) is 7.20. The van der Waals surface area contributed by atoms with Gasteiger partial charge >= 0.3 is 5.97 Å². The summed E-state index contributed by atoms with van der Waals surface area (Å²) in [5, 5.41) is 16.1. The van der Waals surface area contributed by atoms with Crippen LogP contribution < -0.4 is 10.6 Å². The minimum Gasteiger partial charge on any atom is -0.467 e. The third-order valence-electron chi connectivity index (χ3n) is 5.33. The van der Waals surface area contributed by atoms with Crippen LogP contribution in [0.15, 0.2) is 42.5 Å². The fourth-order valence-corrected chi connectivity index (χ4v) is 3.89. The van der Waals surface area contributed by atoms with Crippen LogP contribution in [0.4, 0.5) is 11.4 Å². The number of methoxy groups -OCH3 is 1. The fraction of sp³-hybridized carbons (Fsp3) is 0.391. The molecule has 1 heterocycles. The lowest BCUT2D eigenvalue weighted by Gasteiger charge is -2.41. The Kier molecular flexibility index (Phi) is 5.08. The summed E-state index contributed by atoms with van der Waals surface area (Å²) in [6.45, 7) is 8.06. The molecule has 0 saturated carbocycles. The molecule has 3 rings (SSSR count). The minimum atomic E-state index is -0.816. The van der Waals surface area contributed by atoms with Crippen molar-refractivity contribution in [3.05, 3.63) is 59.2 Å². The highest BCUT2D eigenvalue weighted by molar-refractivity contribution is 5.83. The molecule has 0 saturated heterocycles. The van der Waals surface area contributed by atoms with Gasteiger partial charge in [-0.2, -0.15) is 5.26 Å². The van der Waals surface area contributed by atoms with Gasteiger partial charge in [0.05, 0.1) is 24.8 Å². The first-order valence-electron chi connectivity index (χ1n) is 9.42. The number of carbonyl (C=O) groups is 1. The Labute approximate surface area is 166 Å². The zero-order valence-corrected chi connectivity index (χ0v) is 17.1. The van der Waals surface area contributed by atoms with Crippen molar-refractivity contribution in [2.45, 2.75) is 45.7 Å². The lowest BCUT2D eigenvalue weighted by molar-refractivity contribution is -0.144. The molecule has 5 nitrogen and oxygen atoms in total. The van der Waals surface area contributed by atoms with E-state index in [0.29, 0.717) is 5.56 Å². The predicted octanol–water partition coefficient (Wildman–Crippen LogP) is 4.66. The van der Waals surface area contributed by atoms with Gasteiger partial charge in [0, 0.05) is 11.4 Å². The Balaban J connectivity index is 1.91. The molecular formula is C23H27N3O2. The van der Waals surface area contributed by atoms with Gasteiger partial charge in [0.15, 0.2) is 0 Å². The molecule has 2 N–H and O–H groups in total. The van der Waals surface area contributed by atoms with Crippen molar-refractivity contribution >= 4 is 17.3 Å². The number of hydrogen-bond donors (Lipinski definition) is 2. The van der Waals surface area contributed by atoms with E-state index in [1.165, 1.54) is 12.7 Å². The van der Waals surface area contributed by atoms with E-state index in [0.717, 1.165) is 23.4 Å². The maximum atomic E-state index is 12.0. The lowest BCUT2D eigenvalue weighted by atomic mass is 9.72. The largest absolute Gasteiger partial charge is 0.467 e. The average molecular weight is 377 g/mol. The molecule has 28 heavy (non-hydrogen) atoms. The van der Waals surface area contributed by atoms with Crippen LogP contribution in [0.1, 0.15) is 50.4 Å². The van der Waals surface area contributed by atoms with E-state index in [2.05, 4.69) is 42.7 Å². The SMILES string of the molecule is COC(=O)C(C)(C)Nc1cccc(C2Nc3ccc(C#N)cc3CC2(C)C)c1. The van der Waals surface area contributed by atoms with E-state index in [1.54, 1.807) is 13.8 Å². The van der Waals surface area contributed by atoms with E-state index in [1.807, 2.05) is 30.3 Å². The van der Waals surface area contributed by atoms with Crippen LogP contribution in [0.5, 0.6) is 0 Å². The van der Waals surface area contributed by atoms with Crippen LogP contribution in [0.2, 0.25) is 0 Å². The number of benzene rings is 2. The van der Waals surface area contributed by atoms with Gasteiger partial charge in [-0.15, -0.1) is 0 Å². The zero-order chi connectivity index (χ0) is 20.5.